The predicted molar refractivity (Wildman–Crippen MR) is 153 cm³/mol. The molecule has 2 saturated heterocycles. The maximum atomic E-state index is 12.0. The number of hydrogen-bond donors (Lipinski definition) is 2. The Kier molecular flexibility index (Phi) is 12.3. The molecule has 2 aromatic heterocycles. The molecule has 2 N–H and O–H groups in total. The average molecular weight is 594 g/mol. The Bertz CT molecular complexity index is 1390. The van der Waals surface area contributed by atoms with Gasteiger partial charge in [0, 0.05) is 51.4 Å². The number of ether oxygens (including phenoxy) is 2. The van der Waals surface area contributed by atoms with Gasteiger partial charge < -0.3 is 24.6 Å². The molecule has 2 aliphatic heterocycles. The molecule has 14 nitrogen and oxygen atoms in total. The molecule has 4 rings (SSSR count). The van der Waals surface area contributed by atoms with Crippen LogP contribution in [0, 0.1) is 23.7 Å². The van der Waals surface area contributed by atoms with E-state index in [2.05, 4.69) is 53.4 Å². The van der Waals surface area contributed by atoms with Crippen LogP contribution in [0.1, 0.15) is 53.1 Å². The number of carbonyl (C=O) groups excluding carboxylic acids is 1. The molecule has 0 saturated carbocycles. The minimum atomic E-state index is -1.11. The van der Waals surface area contributed by atoms with Crippen molar-refractivity contribution in [2.45, 2.75) is 26.4 Å². The maximum absolute atomic E-state index is 12.0. The first-order valence-electron chi connectivity index (χ1n) is 13.6. The number of carboxylic acids is 2. The van der Waals surface area contributed by atoms with E-state index in [9.17, 15) is 14.4 Å². The highest BCUT2D eigenvalue weighted by Gasteiger charge is 2.25. The van der Waals surface area contributed by atoms with Crippen molar-refractivity contribution in [2.75, 3.05) is 65.6 Å². The van der Waals surface area contributed by atoms with Crippen molar-refractivity contribution in [3.05, 3.63) is 47.6 Å². The number of morpholine rings is 1. The Morgan fingerprint density at radius 3 is 1.70 bits per heavy atom. The first kappa shape index (κ1) is 32.9. The van der Waals surface area contributed by atoms with E-state index in [1.54, 1.807) is 4.90 Å². The van der Waals surface area contributed by atoms with E-state index in [1.807, 2.05) is 20.8 Å². The molecule has 2 fully saturated rings. The summed E-state index contributed by atoms with van der Waals surface area (Å²) in [6.45, 7) is 12.5. The molecule has 4 heterocycles. The second kappa shape index (κ2) is 16.1. The van der Waals surface area contributed by atoms with Crippen molar-refractivity contribution in [1.82, 2.24) is 34.6 Å². The molecule has 0 unspecified atom stereocenters. The van der Waals surface area contributed by atoms with Crippen LogP contribution in [0.2, 0.25) is 0 Å². The average Bonchev–Trinajstić information content (AvgIpc) is 2.98. The highest BCUT2D eigenvalue weighted by atomic mass is 16.6. The van der Waals surface area contributed by atoms with Gasteiger partial charge in [0.05, 0.1) is 26.3 Å². The monoisotopic (exact) mass is 593 g/mol. The highest BCUT2D eigenvalue weighted by molar-refractivity contribution is 5.85. The number of rotatable bonds is 4. The van der Waals surface area contributed by atoms with E-state index in [0.29, 0.717) is 50.7 Å². The van der Waals surface area contributed by atoms with Crippen LogP contribution in [0.15, 0.2) is 24.8 Å². The second-order valence-corrected chi connectivity index (χ2v) is 10.4. The number of nitrogens with zero attached hydrogens (tertiary/aromatic N) is 7. The Balaban J connectivity index is 0.000000248. The molecule has 228 valence electrons. The van der Waals surface area contributed by atoms with Crippen LogP contribution in [0.3, 0.4) is 0 Å². The minimum Gasteiger partial charge on any atom is -0.477 e. The number of piperazine rings is 1. The normalized spacial score (nSPS) is 15.5. The van der Waals surface area contributed by atoms with Crippen molar-refractivity contribution in [2.24, 2.45) is 0 Å². The lowest BCUT2D eigenvalue weighted by Gasteiger charge is -2.34. The van der Waals surface area contributed by atoms with Crippen molar-refractivity contribution in [3.63, 3.8) is 0 Å². The molecule has 0 radical (unpaired) electrons. The van der Waals surface area contributed by atoms with E-state index in [0.717, 1.165) is 26.3 Å². The molecule has 0 spiro atoms. The van der Waals surface area contributed by atoms with Gasteiger partial charge in [0.15, 0.2) is 11.4 Å². The van der Waals surface area contributed by atoms with Crippen LogP contribution in [0.4, 0.5) is 4.79 Å². The molecule has 2 aliphatic rings. The van der Waals surface area contributed by atoms with Crippen molar-refractivity contribution < 1.29 is 34.1 Å². The van der Waals surface area contributed by atoms with E-state index < -0.39 is 17.5 Å². The number of hydrogen-bond acceptors (Lipinski definition) is 11. The van der Waals surface area contributed by atoms with Crippen molar-refractivity contribution in [3.8, 4) is 23.7 Å². The Labute approximate surface area is 250 Å². The van der Waals surface area contributed by atoms with Crippen molar-refractivity contribution >= 4 is 18.0 Å². The SMILES string of the molecule is CC(C)(C)OC(=O)N1CCN(CC#Cc2cc(C(=O)O)ncn2)CC1.O=C(O)c1cc(C#CCN2CCOCC2)ncn1. The summed E-state index contributed by atoms with van der Waals surface area (Å²) in [7, 11) is 0. The topological polar surface area (TPSA) is 171 Å². The van der Waals surface area contributed by atoms with Gasteiger partial charge in [-0.25, -0.2) is 34.3 Å². The second-order valence-electron chi connectivity index (χ2n) is 10.4. The van der Waals surface area contributed by atoms with Gasteiger partial charge in [-0.3, -0.25) is 9.80 Å². The lowest BCUT2D eigenvalue weighted by Crippen LogP contribution is -2.50. The Hall–Kier alpha value is -4.63. The Morgan fingerprint density at radius 1 is 0.791 bits per heavy atom. The minimum absolute atomic E-state index is 0.0410. The lowest BCUT2D eigenvalue weighted by molar-refractivity contribution is 0.0155. The van der Waals surface area contributed by atoms with Gasteiger partial charge in [0.25, 0.3) is 0 Å². The zero-order valence-electron chi connectivity index (χ0n) is 24.4. The van der Waals surface area contributed by atoms with Crippen LogP contribution < -0.4 is 0 Å². The van der Waals surface area contributed by atoms with E-state index in [-0.39, 0.29) is 17.5 Å². The molecule has 0 atom stereocenters. The van der Waals surface area contributed by atoms with E-state index in [4.69, 9.17) is 19.7 Å². The van der Waals surface area contributed by atoms with Crippen LogP contribution >= 0.6 is 0 Å². The summed E-state index contributed by atoms with van der Waals surface area (Å²) in [6, 6.07) is 2.71. The third-order valence-corrected chi connectivity index (χ3v) is 5.94. The molecule has 0 aromatic carbocycles. The zero-order chi connectivity index (χ0) is 31.2. The van der Waals surface area contributed by atoms with Crippen LogP contribution in [0.5, 0.6) is 0 Å². The van der Waals surface area contributed by atoms with Gasteiger partial charge in [-0.15, -0.1) is 0 Å². The van der Waals surface area contributed by atoms with Crippen LogP contribution in [-0.4, -0.2) is 134 Å². The first-order chi connectivity index (χ1) is 20.5. The molecule has 14 heteroatoms. The van der Waals surface area contributed by atoms with Crippen molar-refractivity contribution in [1.29, 1.82) is 0 Å². The summed E-state index contributed by atoms with van der Waals surface area (Å²) in [5.74, 6) is 9.45. The largest absolute Gasteiger partial charge is 0.477 e. The first-order valence-corrected chi connectivity index (χ1v) is 13.6. The van der Waals surface area contributed by atoms with Crippen LogP contribution in [0.25, 0.3) is 0 Å². The van der Waals surface area contributed by atoms with Gasteiger partial charge >= 0.3 is 18.0 Å². The summed E-state index contributed by atoms with van der Waals surface area (Å²) < 4.78 is 10.6. The summed E-state index contributed by atoms with van der Waals surface area (Å²) in [5, 5.41) is 17.7. The number of carboxylic acid groups (broad SMARTS) is 2. The quantitative estimate of drug-likeness (QED) is 0.480. The molecule has 0 bridgehead atoms. The standard InChI is InChI=1S/C17H22N4O4.C12H13N3O3/c1-17(2,3)25-16(24)21-9-7-20(8-10-21)6-4-5-13-11-14(15(22)23)19-12-18-13;16-12(17)11-8-10(13-9-14-11)2-1-3-15-4-6-18-7-5-15/h11-12H,6-10H2,1-3H3,(H,22,23);8-9H,3-7H2,(H,16,17). The molecule has 0 aliphatic carbocycles. The highest BCUT2D eigenvalue weighted by Crippen LogP contribution is 2.11. The van der Waals surface area contributed by atoms with E-state index in [1.165, 1.54) is 24.8 Å². The fraction of sp³-hybridized carbons (Fsp3) is 0.483. The van der Waals surface area contributed by atoms with Gasteiger partial charge in [0.2, 0.25) is 0 Å². The van der Waals surface area contributed by atoms with Gasteiger partial charge in [-0.05, 0) is 32.6 Å². The van der Waals surface area contributed by atoms with Gasteiger partial charge in [-0.1, -0.05) is 11.8 Å². The summed E-state index contributed by atoms with van der Waals surface area (Å²) in [5.41, 5.74) is 0.188. The third kappa shape index (κ3) is 12.0. The number of carbonyl (C=O) groups is 3. The number of amides is 1. The molecule has 43 heavy (non-hydrogen) atoms. The predicted octanol–water partition coefficient (Wildman–Crippen LogP) is 0.938. The van der Waals surface area contributed by atoms with E-state index >= 15 is 0 Å². The van der Waals surface area contributed by atoms with Gasteiger partial charge in [-0.2, -0.15) is 0 Å². The summed E-state index contributed by atoms with van der Waals surface area (Å²) >= 11 is 0. The fourth-order valence-corrected chi connectivity index (χ4v) is 3.74. The molecule has 1 amide bonds. The van der Waals surface area contributed by atoms with Gasteiger partial charge in [0.1, 0.15) is 29.6 Å². The fourth-order valence-electron chi connectivity index (χ4n) is 3.74. The smallest absolute Gasteiger partial charge is 0.410 e. The Morgan fingerprint density at radius 2 is 1.26 bits per heavy atom. The molecular weight excluding hydrogens is 558 g/mol. The summed E-state index contributed by atoms with van der Waals surface area (Å²) in [4.78, 5) is 54.7. The third-order valence-electron chi connectivity index (χ3n) is 5.94. The molecule has 2 aromatic rings. The summed E-state index contributed by atoms with van der Waals surface area (Å²) in [6.07, 6.45) is 2.11. The zero-order valence-corrected chi connectivity index (χ0v) is 24.4. The van der Waals surface area contributed by atoms with Crippen LogP contribution in [-0.2, 0) is 9.47 Å². The number of aromatic carboxylic acids is 2. The molecular formula is C29H35N7O7. The number of aromatic nitrogens is 4. The maximum Gasteiger partial charge on any atom is 0.410 e. The lowest BCUT2D eigenvalue weighted by atomic mass is 10.2.